The van der Waals surface area contributed by atoms with Gasteiger partial charge in [0.15, 0.2) is 5.82 Å². The standard InChI is InChI=1S/C23H21FN6O3S/c1-15-4-11-20(12-5-15)34(32,33)29(3)18-8-6-17(7-9-18)23(31)25-22-14-19(10-13-21(22)24)30-16(2)26-27-28-30/h4-14H,1-3H3,(H,25,31). The molecule has 9 nitrogen and oxygen atoms in total. The number of rotatable bonds is 6. The van der Waals surface area contributed by atoms with E-state index < -0.39 is 21.7 Å². The number of aromatic nitrogens is 4. The maximum atomic E-state index is 14.3. The molecule has 34 heavy (non-hydrogen) atoms. The Morgan fingerprint density at radius 1 is 1.00 bits per heavy atom. The molecule has 3 aromatic carbocycles. The minimum absolute atomic E-state index is 0.0412. The van der Waals surface area contributed by atoms with Gasteiger partial charge in [-0.25, -0.2) is 12.8 Å². The normalized spacial score (nSPS) is 11.3. The van der Waals surface area contributed by atoms with E-state index in [1.165, 1.54) is 54.2 Å². The molecule has 0 saturated carbocycles. The van der Waals surface area contributed by atoms with Crippen LogP contribution in [-0.2, 0) is 10.0 Å². The van der Waals surface area contributed by atoms with E-state index in [4.69, 9.17) is 0 Å². The largest absolute Gasteiger partial charge is 0.319 e. The van der Waals surface area contributed by atoms with Crippen molar-refractivity contribution in [2.45, 2.75) is 18.7 Å². The van der Waals surface area contributed by atoms with Crippen LogP contribution in [0.1, 0.15) is 21.7 Å². The van der Waals surface area contributed by atoms with Gasteiger partial charge in [0, 0.05) is 12.6 Å². The van der Waals surface area contributed by atoms with E-state index in [1.54, 1.807) is 31.2 Å². The fraction of sp³-hybridized carbons (Fsp3) is 0.130. The molecular formula is C23H21FN6O3S. The van der Waals surface area contributed by atoms with Crippen LogP contribution in [-0.4, -0.2) is 41.6 Å². The monoisotopic (exact) mass is 480 g/mol. The molecule has 1 amide bonds. The number of tetrazole rings is 1. The van der Waals surface area contributed by atoms with Gasteiger partial charge in [-0.2, -0.15) is 4.68 Å². The Morgan fingerprint density at radius 3 is 2.29 bits per heavy atom. The van der Waals surface area contributed by atoms with Gasteiger partial charge in [-0.05, 0) is 78.9 Å². The predicted octanol–water partition coefficient (Wildman–Crippen LogP) is 3.50. The van der Waals surface area contributed by atoms with Crippen LogP contribution in [0, 0.1) is 19.7 Å². The average molecular weight is 481 g/mol. The van der Waals surface area contributed by atoms with Crippen molar-refractivity contribution < 1.29 is 17.6 Å². The first-order valence-electron chi connectivity index (χ1n) is 10.2. The third-order valence-electron chi connectivity index (χ3n) is 5.24. The molecule has 0 atom stereocenters. The molecule has 4 aromatic rings. The Hall–Kier alpha value is -4.12. The smallest absolute Gasteiger partial charge is 0.264 e. The molecule has 4 rings (SSSR count). The first kappa shape index (κ1) is 23.1. The SMILES string of the molecule is Cc1ccc(S(=O)(=O)N(C)c2ccc(C(=O)Nc3cc(-n4nnnc4C)ccc3F)cc2)cc1. The van der Waals surface area contributed by atoms with Gasteiger partial charge in [0.2, 0.25) is 0 Å². The molecule has 1 aromatic heterocycles. The summed E-state index contributed by atoms with van der Waals surface area (Å²) in [5, 5.41) is 13.7. The van der Waals surface area contributed by atoms with Gasteiger partial charge in [-0.1, -0.05) is 17.7 Å². The summed E-state index contributed by atoms with van der Waals surface area (Å²) in [4.78, 5) is 12.9. The fourth-order valence-electron chi connectivity index (χ4n) is 3.24. The molecule has 0 bridgehead atoms. The number of sulfonamides is 1. The van der Waals surface area contributed by atoms with Crippen molar-refractivity contribution in [1.29, 1.82) is 0 Å². The Kier molecular flexibility index (Phi) is 6.12. The number of halogens is 1. The Labute approximate surface area is 195 Å². The van der Waals surface area contributed by atoms with Crippen molar-refractivity contribution in [1.82, 2.24) is 20.2 Å². The molecular weight excluding hydrogens is 459 g/mol. The predicted molar refractivity (Wildman–Crippen MR) is 125 cm³/mol. The van der Waals surface area contributed by atoms with Crippen molar-refractivity contribution >= 4 is 27.3 Å². The molecule has 0 aliphatic carbocycles. The van der Waals surface area contributed by atoms with E-state index in [1.807, 2.05) is 6.92 Å². The van der Waals surface area contributed by atoms with Crippen LogP contribution in [0.5, 0.6) is 0 Å². The highest BCUT2D eigenvalue weighted by atomic mass is 32.2. The number of carbonyl (C=O) groups excluding carboxylic acids is 1. The molecule has 174 valence electrons. The van der Waals surface area contributed by atoms with Crippen LogP contribution in [0.15, 0.2) is 71.6 Å². The number of aryl methyl sites for hydroxylation is 2. The third kappa shape index (κ3) is 4.50. The summed E-state index contributed by atoms with van der Waals surface area (Å²) in [7, 11) is -2.32. The minimum atomic E-state index is -3.76. The number of hydrogen-bond acceptors (Lipinski definition) is 6. The fourth-order valence-corrected chi connectivity index (χ4v) is 4.43. The van der Waals surface area contributed by atoms with Crippen LogP contribution >= 0.6 is 0 Å². The maximum Gasteiger partial charge on any atom is 0.264 e. The van der Waals surface area contributed by atoms with E-state index in [0.717, 1.165) is 9.87 Å². The number of hydrogen-bond donors (Lipinski definition) is 1. The van der Waals surface area contributed by atoms with Gasteiger partial charge in [-0.3, -0.25) is 9.10 Å². The third-order valence-corrected chi connectivity index (χ3v) is 7.04. The topological polar surface area (TPSA) is 110 Å². The molecule has 0 spiro atoms. The van der Waals surface area contributed by atoms with Gasteiger partial charge < -0.3 is 5.32 Å². The second-order valence-corrected chi connectivity index (χ2v) is 9.56. The van der Waals surface area contributed by atoms with Crippen molar-refractivity contribution in [3.63, 3.8) is 0 Å². The zero-order valence-corrected chi connectivity index (χ0v) is 19.4. The van der Waals surface area contributed by atoms with E-state index in [-0.39, 0.29) is 16.1 Å². The summed E-state index contributed by atoms with van der Waals surface area (Å²) in [5.74, 6) is -0.673. The van der Waals surface area contributed by atoms with Crippen molar-refractivity contribution in [2.75, 3.05) is 16.7 Å². The lowest BCUT2D eigenvalue weighted by atomic mass is 10.2. The van der Waals surface area contributed by atoms with E-state index in [9.17, 15) is 17.6 Å². The van der Waals surface area contributed by atoms with Gasteiger partial charge in [-0.15, -0.1) is 5.10 Å². The van der Waals surface area contributed by atoms with Crippen molar-refractivity contribution in [3.05, 3.63) is 89.5 Å². The molecule has 0 aliphatic heterocycles. The van der Waals surface area contributed by atoms with Crippen LogP contribution in [0.4, 0.5) is 15.8 Å². The number of anilines is 2. The van der Waals surface area contributed by atoms with Crippen molar-refractivity contribution in [2.24, 2.45) is 0 Å². The van der Waals surface area contributed by atoms with Gasteiger partial charge in [0.05, 0.1) is 22.0 Å². The minimum Gasteiger partial charge on any atom is -0.319 e. The summed E-state index contributed by atoms with van der Waals surface area (Å²) in [6.45, 7) is 3.57. The molecule has 0 saturated heterocycles. The summed E-state index contributed by atoms with van der Waals surface area (Å²) < 4.78 is 42.6. The molecule has 0 radical (unpaired) electrons. The lowest BCUT2D eigenvalue weighted by molar-refractivity contribution is 0.102. The summed E-state index contributed by atoms with van der Waals surface area (Å²) >= 11 is 0. The second-order valence-electron chi connectivity index (χ2n) is 7.59. The highest BCUT2D eigenvalue weighted by Gasteiger charge is 2.21. The van der Waals surface area contributed by atoms with E-state index in [2.05, 4.69) is 20.8 Å². The zero-order valence-electron chi connectivity index (χ0n) is 18.6. The molecule has 0 aliphatic rings. The molecule has 11 heteroatoms. The number of benzene rings is 3. The highest BCUT2D eigenvalue weighted by molar-refractivity contribution is 7.92. The molecule has 1 N–H and O–H groups in total. The quantitative estimate of drug-likeness (QED) is 0.452. The highest BCUT2D eigenvalue weighted by Crippen LogP contribution is 2.24. The zero-order chi connectivity index (χ0) is 24.5. The summed E-state index contributed by atoms with van der Waals surface area (Å²) in [5.41, 5.74) is 2.00. The van der Waals surface area contributed by atoms with Crippen LogP contribution < -0.4 is 9.62 Å². The number of nitrogens with zero attached hydrogens (tertiary/aromatic N) is 5. The first-order chi connectivity index (χ1) is 16.2. The molecule has 0 unspecified atom stereocenters. The van der Waals surface area contributed by atoms with Crippen molar-refractivity contribution in [3.8, 4) is 5.69 Å². The van der Waals surface area contributed by atoms with E-state index in [0.29, 0.717) is 17.2 Å². The van der Waals surface area contributed by atoms with Gasteiger partial charge in [0.1, 0.15) is 5.82 Å². The maximum absolute atomic E-state index is 14.3. The number of nitrogens with one attached hydrogen (secondary N) is 1. The van der Waals surface area contributed by atoms with Gasteiger partial charge >= 0.3 is 0 Å². The number of amides is 1. The molecule has 0 fully saturated rings. The first-order valence-corrected chi connectivity index (χ1v) is 11.6. The Balaban J connectivity index is 1.53. The Bertz CT molecular complexity index is 1450. The van der Waals surface area contributed by atoms with Gasteiger partial charge in [0.25, 0.3) is 15.9 Å². The van der Waals surface area contributed by atoms with Crippen LogP contribution in [0.2, 0.25) is 0 Å². The lowest BCUT2D eigenvalue weighted by Gasteiger charge is -2.20. The summed E-state index contributed by atoms with van der Waals surface area (Å²) in [6.07, 6.45) is 0. The van der Waals surface area contributed by atoms with E-state index >= 15 is 0 Å². The average Bonchev–Trinajstić information content (AvgIpc) is 3.26. The Morgan fingerprint density at radius 2 is 1.68 bits per heavy atom. The summed E-state index contributed by atoms with van der Waals surface area (Å²) in [6, 6.07) is 16.6. The lowest BCUT2D eigenvalue weighted by Crippen LogP contribution is -2.26. The number of carbonyl (C=O) groups is 1. The molecule has 1 heterocycles. The van der Waals surface area contributed by atoms with Crippen LogP contribution in [0.25, 0.3) is 5.69 Å². The van der Waals surface area contributed by atoms with Crippen LogP contribution in [0.3, 0.4) is 0 Å². The second kappa shape index (κ2) is 9.02.